The number of nitrogens with two attached hydrogens (primary N) is 1. The first-order chi connectivity index (χ1) is 8.33. The largest absolute Gasteiger partial charge is 0.492 e. The molecule has 0 amide bonds. The standard InChI is InChI=1S/C14H21BrN2O/c1-10-5-6-12(11(15)9-10)18-8-4-7-14(2,3)13(16)17/h5-6,9H,4,7-8H2,1-3H3,(H3,16,17). The first-order valence-electron chi connectivity index (χ1n) is 6.06. The smallest absolute Gasteiger partial charge is 0.133 e. The van der Waals surface area contributed by atoms with E-state index < -0.39 is 0 Å². The summed E-state index contributed by atoms with van der Waals surface area (Å²) in [7, 11) is 0. The van der Waals surface area contributed by atoms with Crippen LogP contribution in [0.2, 0.25) is 0 Å². The van der Waals surface area contributed by atoms with E-state index in [1.165, 1.54) is 5.56 Å². The van der Waals surface area contributed by atoms with Crippen molar-refractivity contribution >= 4 is 21.8 Å². The molecule has 0 aliphatic heterocycles. The summed E-state index contributed by atoms with van der Waals surface area (Å²) in [4.78, 5) is 0. The summed E-state index contributed by atoms with van der Waals surface area (Å²) in [5.41, 5.74) is 6.50. The number of halogens is 1. The van der Waals surface area contributed by atoms with Gasteiger partial charge < -0.3 is 10.5 Å². The molecule has 1 rings (SSSR count). The van der Waals surface area contributed by atoms with Gasteiger partial charge in [0.1, 0.15) is 5.75 Å². The lowest BCUT2D eigenvalue weighted by atomic mass is 9.87. The van der Waals surface area contributed by atoms with Crippen molar-refractivity contribution in [3.63, 3.8) is 0 Å². The predicted octanol–water partition coefficient (Wildman–Crippen LogP) is 3.88. The van der Waals surface area contributed by atoms with Gasteiger partial charge in [0.15, 0.2) is 0 Å². The van der Waals surface area contributed by atoms with Crippen LogP contribution in [0, 0.1) is 17.7 Å². The summed E-state index contributed by atoms with van der Waals surface area (Å²) in [5, 5.41) is 7.48. The van der Waals surface area contributed by atoms with E-state index in [0.29, 0.717) is 6.61 Å². The highest BCUT2D eigenvalue weighted by Crippen LogP contribution is 2.27. The Bertz CT molecular complexity index is 430. The average Bonchev–Trinajstić information content (AvgIpc) is 2.26. The van der Waals surface area contributed by atoms with E-state index in [1.54, 1.807) is 0 Å². The summed E-state index contributed by atoms with van der Waals surface area (Å²) < 4.78 is 6.69. The van der Waals surface area contributed by atoms with Gasteiger partial charge in [-0.1, -0.05) is 19.9 Å². The van der Waals surface area contributed by atoms with Crippen molar-refractivity contribution in [1.82, 2.24) is 0 Å². The lowest BCUT2D eigenvalue weighted by Gasteiger charge is -2.22. The number of ether oxygens (including phenoxy) is 1. The van der Waals surface area contributed by atoms with Crippen LogP contribution in [-0.4, -0.2) is 12.4 Å². The molecule has 0 fully saturated rings. The number of aryl methyl sites for hydroxylation is 1. The van der Waals surface area contributed by atoms with Gasteiger partial charge in [0, 0.05) is 5.41 Å². The Morgan fingerprint density at radius 3 is 2.67 bits per heavy atom. The van der Waals surface area contributed by atoms with Gasteiger partial charge in [-0.15, -0.1) is 0 Å². The van der Waals surface area contributed by atoms with Crippen LogP contribution in [0.4, 0.5) is 0 Å². The van der Waals surface area contributed by atoms with Gasteiger partial charge in [-0.25, -0.2) is 0 Å². The van der Waals surface area contributed by atoms with Crippen LogP contribution < -0.4 is 10.5 Å². The third kappa shape index (κ3) is 4.33. The molecule has 0 saturated carbocycles. The molecule has 0 atom stereocenters. The van der Waals surface area contributed by atoms with Gasteiger partial charge >= 0.3 is 0 Å². The summed E-state index contributed by atoms with van der Waals surface area (Å²) in [6.07, 6.45) is 1.73. The molecule has 100 valence electrons. The maximum atomic E-state index is 7.48. The summed E-state index contributed by atoms with van der Waals surface area (Å²) in [5.74, 6) is 1.10. The van der Waals surface area contributed by atoms with E-state index in [0.717, 1.165) is 23.1 Å². The van der Waals surface area contributed by atoms with Crippen molar-refractivity contribution in [3.8, 4) is 5.75 Å². The fraction of sp³-hybridized carbons (Fsp3) is 0.500. The number of amidine groups is 1. The van der Waals surface area contributed by atoms with Crippen LogP contribution in [0.5, 0.6) is 5.75 Å². The molecule has 0 saturated heterocycles. The van der Waals surface area contributed by atoms with E-state index in [9.17, 15) is 0 Å². The van der Waals surface area contributed by atoms with Gasteiger partial charge in [-0.05, 0) is 53.4 Å². The second kappa shape index (κ2) is 6.23. The normalized spacial score (nSPS) is 11.3. The Hall–Kier alpha value is -1.03. The Balaban J connectivity index is 2.41. The highest BCUT2D eigenvalue weighted by molar-refractivity contribution is 9.10. The molecule has 0 unspecified atom stereocenters. The Kier molecular flexibility index (Phi) is 5.20. The number of hydrogen-bond donors (Lipinski definition) is 2. The molecule has 0 radical (unpaired) electrons. The zero-order valence-electron chi connectivity index (χ0n) is 11.2. The summed E-state index contributed by atoms with van der Waals surface area (Å²) >= 11 is 3.48. The molecule has 3 N–H and O–H groups in total. The topological polar surface area (TPSA) is 59.1 Å². The lowest BCUT2D eigenvalue weighted by Crippen LogP contribution is -2.31. The Morgan fingerprint density at radius 1 is 1.44 bits per heavy atom. The first kappa shape index (κ1) is 15.0. The molecule has 3 nitrogen and oxygen atoms in total. The first-order valence-corrected chi connectivity index (χ1v) is 6.86. The van der Waals surface area contributed by atoms with E-state index in [1.807, 2.05) is 39.0 Å². The molecular formula is C14H21BrN2O. The van der Waals surface area contributed by atoms with Crippen LogP contribution in [-0.2, 0) is 0 Å². The lowest BCUT2D eigenvalue weighted by molar-refractivity contribution is 0.285. The molecule has 1 aromatic rings. The maximum absolute atomic E-state index is 7.48. The summed E-state index contributed by atoms with van der Waals surface area (Å²) in [6.45, 7) is 6.65. The monoisotopic (exact) mass is 312 g/mol. The highest BCUT2D eigenvalue weighted by atomic mass is 79.9. The Labute approximate surface area is 117 Å². The second-order valence-electron chi connectivity index (χ2n) is 5.18. The zero-order chi connectivity index (χ0) is 13.8. The van der Waals surface area contributed by atoms with E-state index in [4.69, 9.17) is 15.9 Å². The average molecular weight is 313 g/mol. The molecule has 4 heteroatoms. The summed E-state index contributed by atoms with van der Waals surface area (Å²) in [6, 6.07) is 6.03. The highest BCUT2D eigenvalue weighted by Gasteiger charge is 2.20. The predicted molar refractivity (Wildman–Crippen MR) is 79.3 cm³/mol. The van der Waals surface area contributed by atoms with Gasteiger partial charge in [0.05, 0.1) is 16.9 Å². The molecule has 0 aliphatic rings. The van der Waals surface area contributed by atoms with Crippen molar-refractivity contribution in [1.29, 1.82) is 5.41 Å². The van der Waals surface area contributed by atoms with E-state index in [2.05, 4.69) is 15.9 Å². The van der Waals surface area contributed by atoms with Crippen LogP contribution in [0.3, 0.4) is 0 Å². The number of hydrogen-bond acceptors (Lipinski definition) is 2. The van der Waals surface area contributed by atoms with Crippen molar-refractivity contribution in [2.24, 2.45) is 11.1 Å². The van der Waals surface area contributed by atoms with Gasteiger partial charge in [0.2, 0.25) is 0 Å². The molecule has 0 aromatic heterocycles. The van der Waals surface area contributed by atoms with Gasteiger partial charge in [-0.3, -0.25) is 5.41 Å². The third-order valence-corrected chi connectivity index (χ3v) is 3.64. The molecule has 0 spiro atoms. The van der Waals surface area contributed by atoms with Crippen molar-refractivity contribution in [2.45, 2.75) is 33.6 Å². The van der Waals surface area contributed by atoms with Crippen molar-refractivity contribution in [2.75, 3.05) is 6.61 Å². The van der Waals surface area contributed by atoms with Crippen molar-refractivity contribution < 1.29 is 4.74 Å². The molecule has 0 heterocycles. The zero-order valence-corrected chi connectivity index (χ0v) is 12.8. The number of benzene rings is 1. The minimum atomic E-state index is -0.242. The molecule has 0 bridgehead atoms. The SMILES string of the molecule is Cc1ccc(OCCCC(C)(C)C(=N)N)c(Br)c1. The number of nitrogens with one attached hydrogen (secondary N) is 1. The molecule has 1 aromatic carbocycles. The van der Waals surface area contributed by atoms with Gasteiger partial charge in [-0.2, -0.15) is 0 Å². The fourth-order valence-corrected chi connectivity index (χ4v) is 2.16. The van der Waals surface area contributed by atoms with Crippen LogP contribution in [0.15, 0.2) is 22.7 Å². The van der Waals surface area contributed by atoms with E-state index in [-0.39, 0.29) is 11.3 Å². The minimum Gasteiger partial charge on any atom is -0.492 e. The number of rotatable bonds is 6. The van der Waals surface area contributed by atoms with Crippen LogP contribution in [0.25, 0.3) is 0 Å². The van der Waals surface area contributed by atoms with Gasteiger partial charge in [0.25, 0.3) is 0 Å². The molecule has 0 aliphatic carbocycles. The van der Waals surface area contributed by atoms with Crippen LogP contribution in [0.1, 0.15) is 32.3 Å². The maximum Gasteiger partial charge on any atom is 0.133 e. The molecule has 18 heavy (non-hydrogen) atoms. The fourth-order valence-electron chi connectivity index (χ4n) is 1.55. The second-order valence-corrected chi connectivity index (χ2v) is 6.04. The molecular weight excluding hydrogens is 292 g/mol. The van der Waals surface area contributed by atoms with E-state index >= 15 is 0 Å². The van der Waals surface area contributed by atoms with Crippen LogP contribution >= 0.6 is 15.9 Å². The third-order valence-electron chi connectivity index (χ3n) is 3.02. The minimum absolute atomic E-state index is 0.235. The quantitative estimate of drug-likeness (QED) is 0.476. The Morgan fingerprint density at radius 2 is 2.11 bits per heavy atom. The van der Waals surface area contributed by atoms with Crippen molar-refractivity contribution in [3.05, 3.63) is 28.2 Å².